The Balaban J connectivity index is 2.37. The van der Waals surface area contributed by atoms with Gasteiger partial charge in [0.2, 0.25) is 0 Å². The van der Waals surface area contributed by atoms with Crippen LogP contribution in [0.5, 0.6) is 5.75 Å². The van der Waals surface area contributed by atoms with Crippen LogP contribution in [0.15, 0.2) is 55.3 Å². The number of amidine groups is 1. The van der Waals surface area contributed by atoms with Crippen molar-refractivity contribution in [2.24, 2.45) is 15.1 Å². The van der Waals surface area contributed by atoms with Gasteiger partial charge in [0.05, 0.1) is 21.5 Å². The summed E-state index contributed by atoms with van der Waals surface area (Å²) in [5.74, 6) is -0.322. The van der Waals surface area contributed by atoms with Crippen molar-refractivity contribution in [1.29, 1.82) is 0 Å². The molecular formula is C13H11BrF2N4O3S. The van der Waals surface area contributed by atoms with Gasteiger partial charge in [0.15, 0.2) is 5.84 Å². The average Bonchev–Trinajstić information content (AvgIpc) is 2.93. The minimum Gasteiger partial charge on any atom is -0.435 e. The third-order valence-electron chi connectivity index (χ3n) is 2.64. The van der Waals surface area contributed by atoms with Crippen molar-refractivity contribution in [3.63, 3.8) is 0 Å². The number of aromatic amines is 1. The summed E-state index contributed by atoms with van der Waals surface area (Å²) >= 11 is 3.19. The second kappa shape index (κ2) is 7.53. The Morgan fingerprint density at radius 3 is 2.42 bits per heavy atom. The van der Waals surface area contributed by atoms with E-state index in [2.05, 4.69) is 35.0 Å². The van der Waals surface area contributed by atoms with Crippen molar-refractivity contribution in [2.75, 3.05) is 0 Å². The molecule has 11 heteroatoms. The van der Waals surface area contributed by atoms with Gasteiger partial charge in [-0.2, -0.15) is 17.2 Å². The topological polar surface area (TPSA) is 110 Å². The lowest BCUT2D eigenvalue weighted by molar-refractivity contribution is -0.0498. The van der Waals surface area contributed by atoms with E-state index in [0.717, 1.165) is 30.6 Å². The first-order valence-corrected chi connectivity index (χ1v) is 8.54. The zero-order chi connectivity index (χ0) is 17.7. The Bertz CT molecular complexity index is 864. The smallest absolute Gasteiger partial charge is 0.387 e. The van der Waals surface area contributed by atoms with Gasteiger partial charge >= 0.3 is 6.61 Å². The fraction of sp³-hybridized carbons (Fsp3) is 0.0769. The largest absolute Gasteiger partial charge is 0.435 e. The summed E-state index contributed by atoms with van der Waals surface area (Å²) in [6, 6.07) is 7.61. The number of alkyl halides is 2. The monoisotopic (exact) mass is 420 g/mol. The number of sulfonamides is 1. The Kier molecular flexibility index (Phi) is 5.67. The molecule has 0 unspecified atom stereocenters. The predicted octanol–water partition coefficient (Wildman–Crippen LogP) is 2.50. The first-order valence-electron chi connectivity index (χ1n) is 6.31. The molecule has 2 rings (SSSR count). The number of H-pyrrole nitrogens is 1. The van der Waals surface area contributed by atoms with Gasteiger partial charge in [-0.3, -0.25) is 0 Å². The molecule has 0 radical (unpaired) electrons. The molecule has 0 fully saturated rings. The lowest BCUT2D eigenvalue weighted by atomic mass is 10.3. The third kappa shape index (κ3) is 4.61. The van der Waals surface area contributed by atoms with E-state index in [9.17, 15) is 17.2 Å². The number of rotatable bonds is 5. The lowest BCUT2D eigenvalue weighted by Gasteiger charge is -2.05. The second-order valence-electron chi connectivity index (χ2n) is 4.24. The molecule has 0 bridgehead atoms. The molecule has 3 N–H and O–H groups in total. The number of benzene rings is 1. The summed E-state index contributed by atoms with van der Waals surface area (Å²) in [4.78, 5) is 6.33. The van der Waals surface area contributed by atoms with E-state index in [-0.39, 0.29) is 16.5 Å². The molecule has 0 saturated heterocycles. The van der Waals surface area contributed by atoms with Crippen molar-refractivity contribution in [3.8, 4) is 5.75 Å². The highest BCUT2D eigenvalue weighted by atomic mass is 79.9. The van der Waals surface area contributed by atoms with Crippen LogP contribution in [-0.4, -0.2) is 32.2 Å². The molecule has 1 aromatic heterocycles. The molecule has 0 atom stereocenters. The maximum Gasteiger partial charge on any atom is 0.387 e. The first-order chi connectivity index (χ1) is 11.3. The normalized spacial score (nSPS) is 12.9. The molecular weight excluding hydrogens is 410 g/mol. The van der Waals surface area contributed by atoms with Gasteiger partial charge in [-0.1, -0.05) is 0 Å². The summed E-state index contributed by atoms with van der Waals surface area (Å²) in [5, 5.41) is 0. The SMILES string of the molecule is NC=NC(=NS(=O)(=O)c1ccc(OC(F)F)cc1)c1ccc(Br)[nH]1. The number of nitrogens with zero attached hydrogens (tertiary/aromatic N) is 2. The van der Waals surface area contributed by atoms with E-state index in [0.29, 0.717) is 10.3 Å². The van der Waals surface area contributed by atoms with Crippen LogP contribution >= 0.6 is 15.9 Å². The van der Waals surface area contributed by atoms with Crippen LogP contribution in [0.2, 0.25) is 0 Å². The summed E-state index contributed by atoms with van der Waals surface area (Å²) in [5.41, 5.74) is 5.54. The minimum atomic E-state index is -4.13. The van der Waals surface area contributed by atoms with E-state index < -0.39 is 16.6 Å². The average molecular weight is 421 g/mol. The molecule has 0 aliphatic heterocycles. The summed E-state index contributed by atoms with van der Waals surface area (Å²) in [6.07, 6.45) is 0.905. The van der Waals surface area contributed by atoms with Crippen molar-refractivity contribution in [3.05, 3.63) is 46.7 Å². The molecule has 128 valence electrons. The molecule has 1 aromatic carbocycles. The lowest BCUT2D eigenvalue weighted by Crippen LogP contribution is -2.07. The van der Waals surface area contributed by atoms with E-state index in [1.54, 1.807) is 12.1 Å². The zero-order valence-electron chi connectivity index (χ0n) is 11.9. The molecule has 0 spiro atoms. The van der Waals surface area contributed by atoms with Crippen molar-refractivity contribution in [2.45, 2.75) is 11.5 Å². The van der Waals surface area contributed by atoms with Crippen LogP contribution in [0.25, 0.3) is 0 Å². The van der Waals surface area contributed by atoms with Gasteiger partial charge in [-0.15, -0.1) is 4.40 Å². The Hall–Kier alpha value is -2.27. The highest BCUT2D eigenvalue weighted by Crippen LogP contribution is 2.20. The van der Waals surface area contributed by atoms with Crippen molar-refractivity contribution < 1.29 is 21.9 Å². The van der Waals surface area contributed by atoms with Gasteiger partial charge in [0, 0.05) is 0 Å². The van der Waals surface area contributed by atoms with Crippen LogP contribution < -0.4 is 10.5 Å². The summed E-state index contributed by atoms with van der Waals surface area (Å²) < 4.78 is 57.2. The molecule has 2 aromatic rings. The molecule has 0 saturated carbocycles. The van der Waals surface area contributed by atoms with Crippen molar-refractivity contribution in [1.82, 2.24) is 4.98 Å². The quantitative estimate of drug-likeness (QED) is 0.571. The zero-order valence-corrected chi connectivity index (χ0v) is 14.3. The molecule has 0 aliphatic rings. The first kappa shape index (κ1) is 18.1. The number of nitrogens with one attached hydrogen (secondary N) is 1. The highest BCUT2D eigenvalue weighted by molar-refractivity contribution is 9.10. The van der Waals surface area contributed by atoms with Crippen LogP contribution in [-0.2, 0) is 10.0 Å². The Morgan fingerprint density at radius 1 is 1.25 bits per heavy atom. The molecule has 0 amide bonds. The second-order valence-corrected chi connectivity index (χ2v) is 6.70. The number of ether oxygens (including phenoxy) is 1. The number of aromatic nitrogens is 1. The van der Waals surface area contributed by atoms with Gasteiger partial charge in [0.1, 0.15) is 5.75 Å². The summed E-state index contributed by atoms with van der Waals surface area (Å²) in [7, 11) is -4.13. The van der Waals surface area contributed by atoms with Crippen LogP contribution in [0.3, 0.4) is 0 Å². The number of nitrogens with two attached hydrogens (primary N) is 1. The van der Waals surface area contributed by atoms with E-state index >= 15 is 0 Å². The highest BCUT2D eigenvalue weighted by Gasteiger charge is 2.16. The van der Waals surface area contributed by atoms with E-state index in [4.69, 9.17) is 5.73 Å². The van der Waals surface area contributed by atoms with Crippen LogP contribution in [0.1, 0.15) is 5.69 Å². The minimum absolute atomic E-state index is 0.156. The van der Waals surface area contributed by atoms with Gasteiger partial charge in [-0.25, -0.2) is 4.99 Å². The maximum atomic E-state index is 12.3. The molecule has 24 heavy (non-hydrogen) atoms. The van der Waals surface area contributed by atoms with E-state index in [1.165, 1.54) is 0 Å². The van der Waals surface area contributed by atoms with Gasteiger partial charge in [-0.05, 0) is 52.3 Å². The fourth-order valence-electron chi connectivity index (χ4n) is 1.67. The molecule has 7 nitrogen and oxygen atoms in total. The van der Waals surface area contributed by atoms with Gasteiger partial charge < -0.3 is 15.5 Å². The standard InChI is InChI=1S/C13H11BrF2N4O3S/c14-11-6-5-10(19-11)12(18-7-17)20-24(21,22)9-3-1-8(2-4-9)23-13(15)16/h1-7,13,19H,(H2,17,18,20). The summed E-state index contributed by atoms with van der Waals surface area (Å²) in [6.45, 7) is -3.00. The van der Waals surface area contributed by atoms with Crippen LogP contribution in [0, 0.1) is 0 Å². The number of hydrogen-bond donors (Lipinski definition) is 2. The number of halogens is 3. The Morgan fingerprint density at radius 2 is 1.92 bits per heavy atom. The van der Waals surface area contributed by atoms with E-state index in [1.807, 2.05) is 0 Å². The Labute approximate surface area is 144 Å². The molecule has 0 aliphatic carbocycles. The number of hydrogen-bond acceptors (Lipinski definition) is 3. The predicted molar refractivity (Wildman–Crippen MR) is 88.0 cm³/mol. The van der Waals surface area contributed by atoms with Gasteiger partial charge in [0.25, 0.3) is 10.0 Å². The van der Waals surface area contributed by atoms with Crippen LogP contribution in [0.4, 0.5) is 8.78 Å². The number of aliphatic imine (C=N–C) groups is 1. The third-order valence-corrected chi connectivity index (χ3v) is 4.39. The fourth-order valence-corrected chi connectivity index (χ4v) is 2.98. The maximum absolute atomic E-state index is 12.3. The molecule has 1 heterocycles. The van der Waals surface area contributed by atoms with Crippen molar-refractivity contribution >= 4 is 38.1 Å².